The van der Waals surface area contributed by atoms with Gasteiger partial charge in [-0.15, -0.1) is 0 Å². The van der Waals surface area contributed by atoms with Gasteiger partial charge in [0.15, 0.2) is 0 Å². The summed E-state index contributed by atoms with van der Waals surface area (Å²) in [6.07, 6.45) is 8.69. The SMILES string of the molecule is Cc1ccc(S(=O)(=O)N/N=C2/C[C@]34CC[C@H]5[C@@](C)(CCC[C@@]5(C)C(=O)O)[C@@H]3CC[C@@]2(C)C4)cc1. The minimum Gasteiger partial charge on any atom is -0.481 e. The van der Waals surface area contributed by atoms with E-state index >= 15 is 0 Å². The summed E-state index contributed by atoms with van der Waals surface area (Å²) in [4.78, 5) is 15.1. The molecular formula is C27H38N2O4S. The molecule has 5 rings (SSSR count). The number of nitrogens with one attached hydrogen (secondary N) is 1. The molecule has 6 nitrogen and oxygen atoms in total. The molecule has 4 aliphatic rings. The molecule has 7 heteroatoms. The quantitative estimate of drug-likeness (QED) is 0.548. The van der Waals surface area contributed by atoms with Gasteiger partial charge in [0.25, 0.3) is 10.0 Å². The molecule has 2 bridgehead atoms. The van der Waals surface area contributed by atoms with Crippen LogP contribution in [-0.2, 0) is 14.8 Å². The summed E-state index contributed by atoms with van der Waals surface area (Å²) in [6, 6.07) is 6.82. The predicted octanol–water partition coefficient (Wildman–Crippen LogP) is 5.52. The van der Waals surface area contributed by atoms with Gasteiger partial charge in [-0.1, -0.05) is 38.0 Å². The van der Waals surface area contributed by atoms with E-state index in [2.05, 4.69) is 23.8 Å². The molecule has 2 N–H and O–H groups in total. The van der Waals surface area contributed by atoms with E-state index < -0.39 is 21.4 Å². The molecule has 1 spiro atoms. The Morgan fingerprint density at radius 2 is 1.71 bits per heavy atom. The molecule has 34 heavy (non-hydrogen) atoms. The second kappa shape index (κ2) is 7.55. The molecule has 186 valence electrons. The van der Waals surface area contributed by atoms with Crippen LogP contribution in [-0.4, -0.2) is 25.2 Å². The second-order valence-electron chi connectivity index (χ2n) is 12.5. The maximum atomic E-state index is 12.9. The van der Waals surface area contributed by atoms with Crippen molar-refractivity contribution < 1.29 is 18.3 Å². The highest BCUT2D eigenvalue weighted by Gasteiger charge is 2.67. The number of hydrazone groups is 1. The fourth-order valence-corrected chi connectivity index (χ4v) is 9.67. The average Bonchev–Trinajstić information content (AvgIpc) is 2.97. The van der Waals surface area contributed by atoms with Gasteiger partial charge in [-0.2, -0.15) is 13.5 Å². The van der Waals surface area contributed by atoms with Crippen LogP contribution in [0.5, 0.6) is 0 Å². The molecule has 0 saturated heterocycles. The molecule has 6 atom stereocenters. The summed E-state index contributed by atoms with van der Waals surface area (Å²) in [5.74, 6) is 0.0266. The number of aryl methyl sites for hydroxylation is 1. The minimum atomic E-state index is -3.71. The second-order valence-corrected chi connectivity index (χ2v) is 14.2. The van der Waals surface area contributed by atoms with Gasteiger partial charge in [0.2, 0.25) is 0 Å². The zero-order chi connectivity index (χ0) is 24.6. The largest absolute Gasteiger partial charge is 0.481 e. The molecule has 4 aliphatic carbocycles. The summed E-state index contributed by atoms with van der Waals surface area (Å²) >= 11 is 0. The third-order valence-corrected chi connectivity index (χ3v) is 11.7. The number of hydrogen-bond acceptors (Lipinski definition) is 4. The molecule has 0 aliphatic heterocycles. The zero-order valence-electron chi connectivity index (χ0n) is 20.9. The van der Waals surface area contributed by atoms with Crippen LogP contribution in [0.15, 0.2) is 34.3 Å². The van der Waals surface area contributed by atoms with Crippen molar-refractivity contribution in [2.45, 2.75) is 90.4 Å². The van der Waals surface area contributed by atoms with Crippen LogP contribution < -0.4 is 4.83 Å². The van der Waals surface area contributed by atoms with E-state index in [9.17, 15) is 18.3 Å². The first kappa shape index (κ1) is 23.8. The van der Waals surface area contributed by atoms with E-state index in [1.54, 1.807) is 24.3 Å². The van der Waals surface area contributed by atoms with Crippen LogP contribution in [0, 0.1) is 40.4 Å². The highest BCUT2D eigenvalue weighted by Crippen LogP contribution is 2.73. The van der Waals surface area contributed by atoms with E-state index in [1.165, 1.54) is 0 Å². The number of carboxylic acids is 1. The Morgan fingerprint density at radius 3 is 2.38 bits per heavy atom. The number of carbonyl (C=O) groups is 1. The van der Waals surface area contributed by atoms with Gasteiger partial charge in [-0.25, -0.2) is 4.83 Å². The first-order valence-electron chi connectivity index (χ1n) is 12.7. The monoisotopic (exact) mass is 486 g/mol. The Morgan fingerprint density at radius 1 is 1.03 bits per heavy atom. The van der Waals surface area contributed by atoms with E-state index in [1.807, 2.05) is 13.8 Å². The third kappa shape index (κ3) is 3.36. The molecular weight excluding hydrogens is 448 g/mol. The number of benzene rings is 1. The van der Waals surface area contributed by atoms with Gasteiger partial charge in [-0.3, -0.25) is 4.79 Å². The lowest BCUT2D eigenvalue weighted by molar-refractivity contribution is -0.182. The van der Waals surface area contributed by atoms with E-state index in [0.717, 1.165) is 69.1 Å². The average molecular weight is 487 g/mol. The van der Waals surface area contributed by atoms with Crippen LogP contribution in [0.1, 0.15) is 84.1 Å². The lowest BCUT2D eigenvalue weighted by atomic mass is 9.40. The Bertz CT molecular complexity index is 1150. The van der Waals surface area contributed by atoms with Crippen molar-refractivity contribution in [2.75, 3.05) is 0 Å². The smallest absolute Gasteiger partial charge is 0.309 e. The summed E-state index contributed by atoms with van der Waals surface area (Å²) in [7, 11) is -3.71. The van der Waals surface area contributed by atoms with Crippen molar-refractivity contribution in [2.24, 2.45) is 38.6 Å². The van der Waals surface area contributed by atoms with Gasteiger partial charge < -0.3 is 5.11 Å². The summed E-state index contributed by atoms with van der Waals surface area (Å²) in [5.41, 5.74) is 1.36. The first-order chi connectivity index (χ1) is 15.8. The molecule has 0 amide bonds. The van der Waals surface area contributed by atoms with E-state index in [-0.39, 0.29) is 27.1 Å². The van der Waals surface area contributed by atoms with Crippen molar-refractivity contribution in [1.29, 1.82) is 0 Å². The number of nitrogens with zero attached hydrogens (tertiary/aromatic N) is 1. The summed E-state index contributed by atoms with van der Waals surface area (Å²) in [6.45, 7) is 8.51. The van der Waals surface area contributed by atoms with Crippen molar-refractivity contribution >= 4 is 21.7 Å². The van der Waals surface area contributed by atoms with Gasteiger partial charge in [0.05, 0.1) is 10.3 Å². The fraction of sp³-hybridized carbons (Fsp3) is 0.704. The molecule has 1 aromatic carbocycles. The van der Waals surface area contributed by atoms with Crippen LogP contribution in [0.25, 0.3) is 0 Å². The van der Waals surface area contributed by atoms with Gasteiger partial charge >= 0.3 is 5.97 Å². The van der Waals surface area contributed by atoms with Crippen molar-refractivity contribution in [3.05, 3.63) is 29.8 Å². The molecule has 0 heterocycles. The molecule has 1 aromatic rings. The lowest BCUT2D eigenvalue weighted by Gasteiger charge is -2.63. The Labute approximate surface area is 203 Å². The normalized spacial score (nSPS) is 42.6. The Kier molecular flexibility index (Phi) is 5.29. The van der Waals surface area contributed by atoms with Crippen molar-refractivity contribution in [1.82, 2.24) is 4.83 Å². The standard InChI is InChI=1S/C27H38N2O4S/c1-18-6-8-19(9-7-18)34(32,33)29-28-22-16-27-15-11-20-25(3,12-5-13-26(20,4)23(30)31)21(27)10-14-24(22,2)17-27/h6-9,20-21,29H,5,10-17H2,1-4H3,(H,30,31)/b28-22-/t20-,21-,24-,25+,26+,27-/m0/s1. The van der Waals surface area contributed by atoms with Gasteiger partial charge in [-0.05, 0) is 100 Å². The molecule has 0 aromatic heterocycles. The highest BCUT2D eigenvalue weighted by molar-refractivity contribution is 7.89. The van der Waals surface area contributed by atoms with E-state index in [0.29, 0.717) is 5.92 Å². The molecule has 0 radical (unpaired) electrons. The lowest BCUT2D eigenvalue weighted by Crippen LogP contribution is -2.58. The number of fused-ring (bicyclic) bond motifs is 3. The van der Waals surface area contributed by atoms with Crippen LogP contribution in [0.3, 0.4) is 0 Å². The minimum absolute atomic E-state index is 0.0157. The van der Waals surface area contributed by atoms with Crippen molar-refractivity contribution in [3.8, 4) is 0 Å². The number of carboxylic acid groups (broad SMARTS) is 1. The zero-order valence-corrected chi connectivity index (χ0v) is 21.7. The number of hydrogen-bond donors (Lipinski definition) is 2. The summed E-state index contributed by atoms with van der Waals surface area (Å²) < 4.78 is 25.8. The molecule has 0 unspecified atom stereocenters. The summed E-state index contributed by atoms with van der Waals surface area (Å²) in [5, 5.41) is 14.7. The Balaban J connectivity index is 1.44. The maximum Gasteiger partial charge on any atom is 0.309 e. The highest BCUT2D eigenvalue weighted by atomic mass is 32.2. The molecule has 4 fully saturated rings. The number of aliphatic carboxylic acids is 1. The van der Waals surface area contributed by atoms with Crippen LogP contribution in [0.4, 0.5) is 0 Å². The number of rotatable bonds is 4. The fourth-order valence-electron chi connectivity index (χ4n) is 8.84. The van der Waals surface area contributed by atoms with E-state index in [4.69, 9.17) is 0 Å². The Hall–Kier alpha value is -1.89. The first-order valence-corrected chi connectivity index (χ1v) is 14.2. The number of sulfonamides is 1. The van der Waals surface area contributed by atoms with Crippen LogP contribution in [0.2, 0.25) is 0 Å². The van der Waals surface area contributed by atoms with Crippen LogP contribution >= 0.6 is 0 Å². The maximum absolute atomic E-state index is 12.9. The van der Waals surface area contributed by atoms with Gasteiger partial charge in [0, 0.05) is 11.1 Å². The molecule has 4 saturated carbocycles. The van der Waals surface area contributed by atoms with Crippen molar-refractivity contribution in [3.63, 3.8) is 0 Å². The van der Waals surface area contributed by atoms with Gasteiger partial charge in [0.1, 0.15) is 0 Å². The predicted molar refractivity (Wildman–Crippen MR) is 132 cm³/mol. The topological polar surface area (TPSA) is 95.8 Å². The third-order valence-electron chi connectivity index (χ3n) is 10.5.